The smallest absolute Gasteiger partial charge is 0.269 e. The lowest BCUT2D eigenvalue weighted by Crippen LogP contribution is -2.91. The zero-order chi connectivity index (χ0) is 16.2. The highest BCUT2D eigenvalue weighted by molar-refractivity contribution is 5.40. The van der Waals surface area contributed by atoms with Gasteiger partial charge in [-0.2, -0.15) is 0 Å². The number of non-ortho nitro benzene ring substituents is 1. The number of nitro benzene ring substituents is 1. The van der Waals surface area contributed by atoms with E-state index in [1.807, 2.05) is 30.3 Å². The molecular weight excluding hydrogens is 296 g/mol. The summed E-state index contributed by atoms with van der Waals surface area (Å²) in [6.07, 6.45) is -0.0522. The maximum atomic E-state index is 10.8. The fourth-order valence-corrected chi connectivity index (χ4v) is 2.57. The maximum absolute atomic E-state index is 10.8. The van der Waals surface area contributed by atoms with Crippen LogP contribution in [0.15, 0.2) is 48.5 Å². The Bertz CT molecular complexity index is 704. The van der Waals surface area contributed by atoms with Crippen molar-refractivity contribution in [3.63, 3.8) is 0 Å². The number of rotatable bonds is 5. The predicted molar refractivity (Wildman–Crippen MR) is 84.5 cm³/mol. The van der Waals surface area contributed by atoms with Crippen molar-refractivity contribution in [3.8, 4) is 11.5 Å². The van der Waals surface area contributed by atoms with Crippen LogP contribution in [0.4, 0.5) is 5.69 Å². The Morgan fingerprint density at radius 3 is 2.83 bits per heavy atom. The van der Waals surface area contributed by atoms with E-state index in [0.717, 1.165) is 17.1 Å². The predicted octanol–water partition coefficient (Wildman–Crippen LogP) is 1.89. The lowest BCUT2D eigenvalue weighted by atomic mass is 10.1. The molecule has 6 heteroatoms. The highest BCUT2D eigenvalue weighted by Gasteiger charge is 2.28. The number of ether oxygens (including phenoxy) is 2. The molecule has 0 unspecified atom stereocenters. The van der Waals surface area contributed by atoms with E-state index in [2.05, 4.69) is 12.2 Å². The van der Waals surface area contributed by atoms with E-state index in [0.29, 0.717) is 13.2 Å². The number of hydrogen-bond donors (Lipinski definition) is 1. The Morgan fingerprint density at radius 2 is 2.04 bits per heavy atom. The van der Waals surface area contributed by atoms with Gasteiger partial charge in [-0.1, -0.05) is 24.3 Å². The highest BCUT2D eigenvalue weighted by atomic mass is 16.6. The van der Waals surface area contributed by atoms with Crippen LogP contribution in [-0.2, 0) is 6.54 Å². The Balaban J connectivity index is 1.59. The van der Waals surface area contributed by atoms with Crippen LogP contribution < -0.4 is 14.8 Å². The minimum Gasteiger partial charge on any atom is -0.486 e. The Morgan fingerprint density at radius 1 is 1.26 bits per heavy atom. The van der Waals surface area contributed by atoms with Gasteiger partial charge in [-0.3, -0.25) is 10.1 Å². The summed E-state index contributed by atoms with van der Waals surface area (Å²) in [6.45, 7) is 3.23. The first-order valence-electron chi connectivity index (χ1n) is 7.58. The standard InChI is InChI=1S/C17H18N2O4/c1-12(17-11-22-15-7-2-3-8-16(15)23-17)18-10-13-5-4-6-14(9-13)19(20)21/h2-9,12,17-18H,10-11H2,1H3/p+1/t12-,17-/m0/s1. The van der Waals surface area contributed by atoms with Gasteiger partial charge < -0.3 is 14.8 Å². The van der Waals surface area contributed by atoms with Gasteiger partial charge in [-0.15, -0.1) is 0 Å². The largest absolute Gasteiger partial charge is 0.486 e. The molecule has 0 bridgehead atoms. The van der Waals surface area contributed by atoms with Gasteiger partial charge in [-0.25, -0.2) is 0 Å². The third-order valence-electron chi connectivity index (χ3n) is 3.96. The molecule has 2 atom stereocenters. The van der Waals surface area contributed by atoms with E-state index in [4.69, 9.17) is 9.47 Å². The van der Waals surface area contributed by atoms with Gasteiger partial charge in [0.2, 0.25) is 0 Å². The Labute approximate surface area is 134 Å². The van der Waals surface area contributed by atoms with E-state index in [-0.39, 0.29) is 22.8 Å². The van der Waals surface area contributed by atoms with Crippen molar-refractivity contribution in [3.05, 3.63) is 64.2 Å². The number of quaternary nitrogens is 1. The molecule has 1 aliphatic rings. The van der Waals surface area contributed by atoms with Crippen LogP contribution in [0.25, 0.3) is 0 Å². The third-order valence-corrected chi connectivity index (χ3v) is 3.96. The van der Waals surface area contributed by atoms with Gasteiger partial charge in [0.25, 0.3) is 5.69 Å². The van der Waals surface area contributed by atoms with Crippen LogP contribution in [0.5, 0.6) is 11.5 Å². The van der Waals surface area contributed by atoms with Crippen molar-refractivity contribution in [2.75, 3.05) is 6.61 Å². The number of benzene rings is 2. The molecule has 0 saturated heterocycles. The molecule has 0 saturated carbocycles. The van der Waals surface area contributed by atoms with Crippen molar-refractivity contribution in [2.45, 2.75) is 25.6 Å². The van der Waals surface area contributed by atoms with Crippen LogP contribution in [0.3, 0.4) is 0 Å². The van der Waals surface area contributed by atoms with Gasteiger partial charge in [0, 0.05) is 17.7 Å². The summed E-state index contributed by atoms with van der Waals surface area (Å²) in [5.74, 6) is 1.54. The van der Waals surface area contributed by atoms with E-state index >= 15 is 0 Å². The molecule has 0 radical (unpaired) electrons. The molecule has 6 nitrogen and oxygen atoms in total. The summed E-state index contributed by atoms with van der Waals surface area (Å²) in [6, 6.07) is 14.5. The molecule has 1 heterocycles. The molecule has 0 spiro atoms. The molecule has 3 rings (SSSR count). The first-order chi connectivity index (χ1) is 11.1. The molecule has 120 valence electrons. The second kappa shape index (κ2) is 6.66. The van der Waals surface area contributed by atoms with Crippen LogP contribution in [-0.4, -0.2) is 23.7 Å². The van der Waals surface area contributed by atoms with Crippen LogP contribution in [0.1, 0.15) is 12.5 Å². The van der Waals surface area contributed by atoms with Gasteiger partial charge >= 0.3 is 0 Å². The summed E-state index contributed by atoms with van der Waals surface area (Å²) in [4.78, 5) is 10.4. The number of fused-ring (bicyclic) bond motifs is 1. The Kier molecular flexibility index (Phi) is 4.43. The normalized spacial score (nSPS) is 17.5. The molecule has 2 aromatic carbocycles. The van der Waals surface area contributed by atoms with Crippen molar-refractivity contribution in [1.82, 2.24) is 0 Å². The number of nitrogens with two attached hydrogens (primary N) is 1. The average molecular weight is 315 g/mol. The zero-order valence-corrected chi connectivity index (χ0v) is 12.8. The molecular formula is C17H19N2O4+. The summed E-state index contributed by atoms with van der Waals surface area (Å²) in [5.41, 5.74) is 1.04. The quantitative estimate of drug-likeness (QED) is 0.675. The van der Waals surface area contributed by atoms with Crippen molar-refractivity contribution >= 4 is 5.69 Å². The molecule has 23 heavy (non-hydrogen) atoms. The average Bonchev–Trinajstić information content (AvgIpc) is 2.59. The van der Waals surface area contributed by atoms with Crippen molar-refractivity contribution in [2.24, 2.45) is 0 Å². The van der Waals surface area contributed by atoms with Crippen LogP contribution in [0, 0.1) is 10.1 Å². The van der Waals surface area contributed by atoms with Crippen LogP contribution >= 0.6 is 0 Å². The van der Waals surface area contributed by atoms with E-state index in [1.165, 1.54) is 6.07 Å². The minimum atomic E-state index is -0.373. The SMILES string of the molecule is C[C@H]([NH2+]Cc1cccc([N+](=O)[O-])c1)[C@@H]1COc2ccccc2O1. The first-order valence-corrected chi connectivity index (χ1v) is 7.58. The van der Waals surface area contributed by atoms with Gasteiger partial charge in [0.15, 0.2) is 17.6 Å². The minimum absolute atomic E-state index is 0.0522. The lowest BCUT2D eigenvalue weighted by molar-refractivity contribution is -0.707. The van der Waals surface area contributed by atoms with Crippen molar-refractivity contribution < 1.29 is 19.7 Å². The maximum Gasteiger partial charge on any atom is 0.269 e. The highest BCUT2D eigenvalue weighted by Crippen LogP contribution is 2.31. The van der Waals surface area contributed by atoms with Crippen molar-refractivity contribution in [1.29, 1.82) is 0 Å². The summed E-state index contributed by atoms with van der Waals surface area (Å²) < 4.78 is 11.7. The second-order valence-corrected chi connectivity index (χ2v) is 5.64. The zero-order valence-electron chi connectivity index (χ0n) is 12.8. The molecule has 0 fully saturated rings. The summed E-state index contributed by atoms with van der Waals surface area (Å²) >= 11 is 0. The fourth-order valence-electron chi connectivity index (χ4n) is 2.57. The molecule has 0 amide bonds. The first kappa shape index (κ1) is 15.3. The summed E-state index contributed by atoms with van der Waals surface area (Å²) in [5, 5.41) is 12.9. The van der Waals surface area contributed by atoms with E-state index < -0.39 is 0 Å². The molecule has 2 N–H and O–H groups in total. The van der Waals surface area contributed by atoms with E-state index in [9.17, 15) is 10.1 Å². The van der Waals surface area contributed by atoms with E-state index in [1.54, 1.807) is 12.1 Å². The Hall–Kier alpha value is -2.60. The summed E-state index contributed by atoms with van der Waals surface area (Å²) in [7, 11) is 0. The topological polar surface area (TPSA) is 78.2 Å². The van der Waals surface area contributed by atoms with Gasteiger partial charge in [0.05, 0.1) is 4.92 Å². The number of hydrogen-bond acceptors (Lipinski definition) is 4. The van der Waals surface area contributed by atoms with Gasteiger partial charge in [0.1, 0.15) is 19.2 Å². The number of nitro groups is 1. The molecule has 1 aliphatic heterocycles. The number of para-hydroxylation sites is 2. The lowest BCUT2D eigenvalue weighted by Gasteiger charge is -2.29. The van der Waals surface area contributed by atoms with Gasteiger partial charge in [-0.05, 0) is 19.1 Å². The fraction of sp³-hybridized carbons (Fsp3) is 0.294. The molecule has 0 aliphatic carbocycles. The second-order valence-electron chi connectivity index (χ2n) is 5.64. The monoisotopic (exact) mass is 315 g/mol. The van der Waals surface area contributed by atoms with Crippen LogP contribution in [0.2, 0.25) is 0 Å². The third kappa shape index (κ3) is 3.60. The number of nitrogens with zero attached hydrogens (tertiary/aromatic N) is 1. The molecule has 2 aromatic rings. The molecule has 0 aromatic heterocycles.